The van der Waals surface area contributed by atoms with Gasteiger partial charge >= 0.3 is 0 Å². The highest BCUT2D eigenvalue weighted by atomic mass is 16.3. The van der Waals surface area contributed by atoms with E-state index in [9.17, 15) is 4.79 Å². The highest BCUT2D eigenvalue weighted by molar-refractivity contribution is 6.01. The smallest absolute Gasteiger partial charge is 0.297 e. The fourth-order valence-electron chi connectivity index (χ4n) is 2.80. The van der Waals surface area contributed by atoms with Gasteiger partial charge in [0.15, 0.2) is 5.82 Å². The molecule has 8 nitrogen and oxygen atoms in total. The third kappa shape index (κ3) is 1.88. The third-order valence-corrected chi connectivity index (χ3v) is 4.12. The number of rotatable bonds is 3. The summed E-state index contributed by atoms with van der Waals surface area (Å²) < 4.78 is 8.95. The van der Waals surface area contributed by atoms with Gasteiger partial charge in [-0.3, -0.25) is 9.36 Å². The standard InChI is InChI=1S/C15H12N6O2/c22-15-14-13(10-3-1-2-4-11(10)23-14)16-8-20(15)7-12-17-18-19-21(12)9-5-6-9/h1-4,8-9H,5-7H2. The van der Waals surface area contributed by atoms with Crippen LogP contribution in [0.5, 0.6) is 0 Å². The topological polar surface area (TPSA) is 91.6 Å². The number of nitrogens with zero attached hydrogens (tertiary/aromatic N) is 6. The molecule has 0 aliphatic heterocycles. The minimum Gasteiger partial charge on any atom is -0.448 e. The normalized spacial score (nSPS) is 14.8. The number of benzene rings is 1. The number of furan rings is 1. The summed E-state index contributed by atoms with van der Waals surface area (Å²) in [6.45, 7) is 0.280. The van der Waals surface area contributed by atoms with E-state index in [1.165, 1.54) is 10.9 Å². The van der Waals surface area contributed by atoms with Gasteiger partial charge in [0, 0.05) is 5.39 Å². The summed E-state index contributed by atoms with van der Waals surface area (Å²) in [6.07, 6.45) is 3.68. The first-order valence-electron chi connectivity index (χ1n) is 7.45. The SMILES string of the molecule is O=c1c2oc3ccccc3c2ncn1Cc1nnnn1C1CC1. The number of hydrogen-bond acceptors (Lipinski definition) is 6. The average Bonchev–Trinajstić information content (AvgIpc) is 3.18. The van der Waals surface area contributed by atoms with E-state index < -0.39 is 0 Å². The quantitative estimate of drug-likeness (QED) is 0.569. The summed E-state index contributed by atoms with van der Waals surface area (Å²) in [4.78, 5) is 17.1. The number of fused-ring (bicyclic) bond motifs is 3. The zero-order valence-corrected chi connectivity index (χ0v) is 12.1. The molecule has 1 aliphatic rings. The van der Waals surface area contributed by atoms with Crippen LogP contribution in [0.4, 0.5) is 0 Å². The summed E-state index contributed by atoms with van der Waals surface area (Å²) >= 11 is 0. The zero-order valence-electron chi connectivity index (χ0n) is 12.1. The lowest BCUT2D eigenvalue weighted by molar-refractivity contribution is 0.558. The van der Waals surface area contributed by atoms with Crippen molar-refractivity contribution in [1.82, 2.24) is 29.8 Å². The zero-order chi connectivity index (χ0) is 15.4. The van der Waals surface area contributed by atoms with Crippen LogP contribution in [-0.2, 0) is 6.54 Å². The van der Waals surface area contributed by atoms with E-state index in [1.807, 2.05) is 24.3 Å². The molecule has 5 rings (SSSR count). The van der Waals surface area contributed by atoms with Crippen LogP contribution in [0.1, 0.15) is 24.7 Å². The van der Waals surface area contributed by atoms with Crippen LogP contribution in [0.2, 0.25) is 0 Å². The van der Waals surface area contributed by atoms with Crippen molar-refractivity contribution in [2.45, 2.75) is 25.4 Å². The molecule has 1 aromatic carbocycles. The first-order chi connectivity index (χ1) is 11.3. The molecule has 0 unspecified atom stereocenters. The van der Waals surface area contributed by atoms with E-state index in [0.29, 0.717) is 23.0 Å². The molecule has 0 saturated heterocycles. The molecule has 0 radical (unpaired) electrons. The Hall–Kier alpha value is -3.03. The first kappa shape index (κ1) is 12.5. The summed E-state index contributed by atoms with van der Waals surface area (Å²) in [5, 5.41) is 12.6. The maximum Gasteiger partial charge on any atom is 0.297 e. The lowest BCUT2D eigenvalue weighted by Gasteiger charge is -2.04. The second-order valence-electron chi connectivity index (χ2n) is 5.72. The van der Waals surface area contributed by atoms with E-state index in [0.717, 1.165) is 18.2 Å². The molecule has 114 valence electrons. The minimum absolute atomic E-state index is 0.225. The Morgan fingerprint density at radius 1 is 1.26 bits per heavy atom. The Kier molecular flexibility index (Phi) is 2.44. The Bertz CT molecular complexity index is 1090. The van der Waals surface area contributed by atoms with Gasteiger partial charge in [0.25, 0.3) is 5.56 Å². The van der Waals surface area contributed by atoms with Gasteiger partial charge in [-0.2, -0.15) is 0 Å². The third-order valence-electron chi connectivity index (χ3n) is 4.12. The van der Waals surface area contributed by atoms with E-state index in [-0.39, 0.29) is 17.7 Å². The van der Waals surface area contributed by atoms with Crippen LogP contribution in [0.25, 0.3) is 22.1 Å². The highest BCUT2D eigenvalue weighted by Gasteiger charge is 2.28. The molecular weight excluding hydrogens is 296 g/mol. The fraction of sp³-hybridized carbons (Fsp3) is 0.267. The molecule has 23 heavy (non-hydrogen) atoms. The van der Waals surface area contributed by atoms with E-state index in [2.05, 4.69) is 20.5 Å². The lowest BCUT2D eigenvalue weighted by Crippen LogP contribution is -2.22. The van der Waals surface area contributed by atoms with Crippen molar-refractivity contribution in [2.75, 3.05) is 0 Å². The van der Waals surface area contributed by atoms with Crippen molar-refractivity contribution in [3.63, 3.8) is 0 Å². The van der Waals surface area contributed by atoms with Crippen LogP contribution < -0.4 is 5.56 Å². The van der Waals surface area contributed by atoms with Crippen molar-refractivity contribution in [3.05, 3.63) is 46.8 Å². The largest absolute Gasteiger partial charge is 0.448 e. The molecule has 1 saturated carbocycles. The van der Waals surface area contributed by atoms with Crippen LogP contribution in [0.15, 0.2) is 39.8 Å². The van der Waals surface area contributed by atoms with Gasteiger partial charge in [0.2, 0.25) is 5.58 Å². The van der Waals surface area contributed by atoms with Crippen molar-refractivity contribution in [3.8, 4) is 0 Å². The average molecular weight is 308 g/mol. The molecule has 0 bridgehead atoms. The van der Waals surface area contributed by atoms with Crippen LogP contribution in [-0.4, -0.2) is 29.8 Å². The van der Waals surface area contributed by atoms with Gasteiger partial charge in [-0.25, -0.2) is 9.67 Å². The second-order valence-corrected chi connectivity index (χ2v) is 5.72. The van der Waals surface area contributed by atoms with Gasteiger partial charge in [0.1, 0.15) is 11.1 Å². The fourth-order valence-corrected chi connectivity index (χ4v) is 2.80. The summed E-state index contributed by atoms with van der Waals surface area (Å²) in [7, 11) is 0. The molecule has 3 heterocycles. The molecule has 4 aromatic rings. The van der Waals surface area contributed by atoms with Crippen molar-refractivity contribution in [2.24, 2.45) is 0 Å². The molecule has 0 atom stereocenters. The predicted octanol–water partition coefficient (Wildman–Crippen LogP) is 1.51. The van der Waals surface area contributed by atoms with Crippen molar-refractivity contribution < 1.29 is 4.42 Å². The van der Waals surface area contributed by atoms with Gasteiger partial charge in [0.05, 0.1) is 18.9 Å². The molecule has 3 aromatic heterocycles. The molecule has 1 fully saturated rings. The van der Waals surface area contributed by atoms with E-state index in [4.69, 9.17) is 4.42 Å². The molecule has 0 N–H and O–H groups in total. The van der Waals surface area contributed by atoms with Crippen molar-refractivity contribution in [1.29, 1.82) is 0 Å². The molecule has 1 aliphatic carbocycles. The van der Waals surface area contributed by atoms with Crippen molar-refractivity contribution >= 4 is 22.1 Å². The monoisotopic (exact) mass is 308 g/mol. The Labute approximate surface area is 129 Å². The lowest BCUT2D eigenvalue weighted by atomic mass is 10.2. The minimum atomic E-state index is -0.225. The van der Waals surface area contributed by atoms with Gasteiger partial charge < -0.3 is 4.42 Å². The maximum atomic E-state index is 12.7. The van der Waals surface area contributed by atoms with Crippen LogP contribution >= 0.6 is 0 Å². The maximum absolute atomic E-state index is 12.7. The van der Waals surface area contributed by atoms with Crippen LogP contribution in [0.3, 0.4) is 0 Å². The first-order valence-corrected chi connectivity index (χ1v) is 7.45. The van der Waals surface area contributed by atoms with Gasteiger partial charge in [-0.05, 0) is 35.4 Å². The molecule has 8 heteroatoms. The van der Waals surface area contributed by atoms with Crippen LogP contribution in [0, 0.1) is 0 Å². The Balaban J connectivity index is 1.64. The molecular formula is C15H12N6O2. The van der Waals surface area contributed by atoms with E-state index in [1.54, 1.807) is 4.68 Å². The van der Waals surface area contributed by atoms with Gasteiger partial charge in [-0.15, -0.1) is 5.10 Å². The second kappa shape index (κ2) is 4.48. The number of hydrogen-bond donors (Lipinski definition) is 0. The summed E-state index contributed by atoms with van der Waals surface area (Å²) in [5.74, 6) is 0.659. The van der Waals surface area contributed by atoms with Gasteiger partial charge in [-0.1, -0.05) is 12.1 Å². The van der Waals surface area contributed by atoms with E-state index >= 15 is 0 Å². The predicted molar refractivity (Wildman–Crippen MR) is 81.0 cm³/mol. The number of tetrazole rings is 1. The molecule has 0 spiro atoms. The summed E-state index contributed by atoms with van der Waals surface area (Å²) in [6, 6.07) is 7.85. The number of para-hydroxylation sites is 1. The highest BCUT2D eigenvalue weighted by Crippen LogP contribution is 2.34. The number of aromatic nitrogens is 6. The Morgan fingerprint density at radius 3 is 3.00 bits per heavy atom. The Morgan fingerprint density at radius 2 is 2.13 bits per heavy atom. The molecule has 0 amide bonds. The summed E-state index contributed by atoms with van der Waals surface area (Å²) in [5.41, 5.74) is 1.28.